The highest BCUT2D eigenvalue weighted by Crippen LogP contribution is 2.32. The molecule has 0 radical (unpaired) electrons. The molecule has 0 aliphatic carbocycles. The lowest BCUT2D eigenvalue weighted by molar-refractivity contribution is 0.506. The summed E-state index contributed by atoms with van der Waals surface area (Å²) in [6, 6.07) is 0. The van der Waals surface area contributed by atoms with Crippen molar-refractivity contribution < 1.29 is 0 Å². The van der Waals surface area contributed by atoms with E-state index in [0.717, 1.165) is 0 Å². The van der Waals surface area contributed by atoms with Gasteiger partial charge in [0.25, 0.3) is 0 Å². The number of fused-ring (bicyclic) bond motifs is 1. The maximum Gasteiger partial charge on any atom is 0.0235 e. The van der Waals surface area contributed by atoms with E-state index >= 15 is 0 Å². The fraction of sp³-hybridized carbons (Fsp3) is 0.714. The van der Waals surface area contributed by atoms with Gasteiger partial charge in [-0.3, -0.25) is 0 Å². The van der Waals surface area contributed by atoms with Crippen LogP contribution in [0.1, 0.15) is 62.0 Å². The van der Waals surface area contributed by atoms with E-state index in [1.54, 1.807) is 22.5 Å². The molecule has 0 atom stereocenters. The quantitative estimate of drug-likeness (QED) is 0.691. The van der Waals surface area contributed by atoms with Crippen LogP contribution in [0.5, 0.6) is 0 Å². The third-order valence-corrected chi connectivity index (χ3v) is 3.75. The van der Waals surface area contributed by atoms with Gasteiger partial charge in [0.05, 0.1) is 0 Å². The molecule has 0 spiro atoms. The SMILES string of the molecule is CCc1c(C)c(C(C)C)n2c1CCCC2. The smallest absolute Gasteiger partial charge is 0.0235 e. The summed E-state index contributed by atoms with van der Waals surface area (Å²) >= 11 is 0. The molecule has 1 aromatic rings. The van der Waals surface area contributed by atoms with E-state index in [-0.39, 0.29) is 0 Å². The monoisotopic (exact) mass is 205 g/mol. The van der Waals surface area contributed by atoms with Gasteiger partial charge in [0, 0.05) is 17.9 Å². The Hall–Kier alpha value is -0.720. The maximum absolute atomic E-state index is 2.61. The molecule has 1 aromatic heterocycles. The second-order valence-electron chi connectivity index (χ2n) is 5.05. The zero-order chi connectivity index (χ0) is 11.0. The molecule has 1 aliphatic rings. The topological polar surface area (TPSA) is 4.93 Å². The zero-order valence-corrected chi connectivity index (χ0v) is 10.6. The van der Waals surface area contributed by atoms with Gasteiger partial charge in [-0.15, -0.1) is 0 Å². The third-order valence-electron chi connectivity index (χ3n) is 3.75. The summed E-state index contributed by atoms with van der Waals surface area (Å²) in [6.07, 6.45) is 5.25. The molecule has 0 bridgehead atoms. The molecular weight excluding hydrogens is 182 g/mol. The van der Waals surface area contributed by atoms with Gasteiger partial charge in [-0.2, -0.15) is 0 Å². The van der Waals surface area contributed by atoms with Crippen molar-refractivity contribution in [2.45, 2.75) is 65.8 Å². The first-order chi connectivity index (χ1) is 7.16. The Morgan fingerprint density at radius 2 is 2.00 bits per heavy atom. The van der Waals surface area contributed by atoms with Crippen molar-refractivity contribution in [1.29, 1.82) is 0 Å². The first-order valence-corrected chi connectivity index (χ1v) is 6.37. The Morgan fingerprint density at radius 3 is 2.60 bits per heavy atom. The Morgan fingerprint density at radius 1 is 1.27 bits per heavy atom. The fourth-order valence-corrected chi connectivity index (χ4v) is 3.20. The molecule has 84 valence electrons. The molecule has 2 rings (SSSR count). The molecule has 1 heteroatoms. The number of aromatic nitrogens is 1. The minimum absolute atomic E-state index is 0.669. The normalized spacial score (nSPS) is 15.8. The molecule has 0 unspecified atom stereocenters. The van der Waals surface area contributed by atoms with Crippen molar-refractivity contribution in [2.24, 2.45) is 0 Å². The summed E-state index contributed by atoms with van der Waals surface area (Å²) in [5.41, 5.74) is 6.45. The van der Waals surface area contributed by atoms with E-state index in [4.69, 9.17) is 0 Å². The predicted octanol–water partition coefficient (Wildman–Crippen LogP) is 3.82. The van der Waals surface area contributed by atoms with E-state index in [9.17, 15) is 0 Å². The molecule has 0 N–H and O–H groups in total. The van der Waals surface area contributed by atoms with E-state index in [0.29, 0.717) is 5.92 Å². The minimum atomic E-state index is 0.669. The van der Waals surface area contributed by atoms with Gasteiger partial charge in [-0.05, 0) is 49.7 Å². The van der Waals surface area contributed by atoms with Gasteiger partial charge in [-0.1, -0.05) is 20.8 Å². The molecule has 0 aromatic carbocycles. The van der Waals surface area contributed by atoms with Crippen LogP contribution in [0, 0.1) is 6.92 Å². The summed E-state index contributed by atoms with van der Waals surface area (Å²) in [4.78, 5) is 0. The van der Waals surface area contributed by atoms with E-state index in [1.165, 1.54) is 32.2 Å². The van der Waals surface area contributed by atoms with Gasteiger partial charge in [0.1, 0.15) is 0 Å². The Balaban J connectivity index is 2.59. The summed E-state index contributed by atoms with van der Waals surface area (Å²) in [5, 5.41) is 0. The number of rotatable bonds is 2. The first-order valence-electron chi connectivity index (χ1n) is 6.37. The lowest BCUT2D eigenvalue weighted by Crippen LogP contribution is -2.14. The lowest BCUT2D eigenvalue weighted by atomic mass is 10.0. The van der Waals surface area contributed by atoms with Crippen molar-refractivity contribution in [3.8, 4) is 0 Å². The summed E-state index contributed by atoms with van der Waals surface area (Å²) in [6.45, 7) is 10.5. The van der Waals surface area contributed by atoms with Gasteiger partial charge >= 0.3 is 0 Å². The van der Waals surface area contributed by atoms with Crippen molar-refractivity contribution in [3.05, 3.63) is 22.5 Å². The summed E-state index contributed by atoms with van der Waals surface area (Å²) in [7, 11) is 0. The van der Waals surface area contributed by atoms with Crippen LogP contribution in [0.4, 0.5) is 0 Å². The van der Waals surface area contributed by atoms with Crippen LogP contribution < -0.4 is 0 Å². The second-order valence-corrected chi connectivity index (χ2v) is 5.05. The van der Waals surface area contributed by atoms with Crippen LogP contribution in [-0.2, 0) is 19.4 Å². The van der Waals surface area contributed by atoms with Crippen molar-refractivity contribution >= 4 is 0 Å². The zero-order valence-electron chi connectivity index (χ0n) is 10.6. The molecule has 15 heavy (non-hydrogen) atoms. The van der Waals surface area contributed by atoms with Crippen molar-refractivity contribution in [3.63, 3.8) is 0 Å². The molecule has 0 amide bonds. The van der Waals surface area contributed by atoms with Gasteiger partial charge in [0.2, 0.25) is 0 Å². The molecular formula is C14H23N. The number of nitrogens with zero attached hydrogens (tertiary/aromatic N) is 1. The van der Waals surface area contributed by atoms with Crippen LogP contribution >= 0.6 is 0 Å². The summed E-state index contributed by atoms with van der Waals surface area (Å²) < 4.78 is 2.61. The molecule has 2 heterocycles. The number of hydrogen-bond donors (Lipinski definition) is 0. The van der Waals surface area contributed by atoms with Crippen LogP contribution in [-0.4, -0.2) is 4.57 Å². The molecule has 0 fully saturated rings. The van der Waals surface area contributed by atoms with Crippen LogP contribution in [0.15, 0.2) is 0 Å². The van der Waals surface area contributed by atoms with Crippen LogP contribution in [0.2, 0.25) is 0 Å². The molecule has 0 saturated heterocycles. The average molecular weight is 205 g/mol. The van der Waals surface area contributed by atoms with Gasteiger partial charge in [-0.25, -0.2) is 0 Å². The van der Waals surface area contributed by atoms with Crippen molar-refractivity contribution in [1.82, 2.24) is 4.57 Å². The molecule has 1 aliphatic heterocycles. The summed E-state index contributed by atoms with van der Waals surface area (Å²) in [5.74, 6) is 0.669. The Kier molecular flexibility index (Phi) is 2.90. The number of hydrogen-bond acceptors (Lipinski definition) is 0. The third kappa shape index (κ3) is 1.62. The highest BCUT2D eigenvalue weighted by atomic mass is 15.0. The highest BCUT2D eigenvalue weighted by molar-refractivity contribution is 5.40. The largest absolute Gasteiger partial charge is 0.348 e. The van der Waals surface area contributed by atoms with E-state index in [1.807, 2.05) is 0 Å². The fourth-order valence-electron chi connectivity index (χ4n) is 3.20. The Labute approximate surface area is 93.5 Å². The standard InChI is InChI=1S/C14H23N/c1-5-12-11(4)14(10(2)3)15-9-7-6-8-13(12)15/h10H,5-9H2,1-4H3. The van der Waals surface area contributed by atoms with E-state index < -0.39 is 0 Å². The van der Waals surface area contributed by atoms with Gasteiger partial charge in [0.15, 0.2) is 0 Å². The lowest BCUT2D eigenvalue weighted by Gasteiger charge is -2.20. The van der Waals surface area contributed by atoms with Crippen LogP contribution in [0.25, 0.3) is 0 Å². The van der Waals surface area contributed by atoms with Crippen LogP contribution in [0.3, 0.4) is 0 Å². The van der Waals surface area contributed by atoms with E-state index in [2.05, 4.69) is 32.3 Å². The second kappa shape index (κ2) is 4.03. The van der Waals surface area contributed by atoms with Gasteiger partial charge < -0.3 is 4.57 Å². The first kappa shape index (κ1) is 10.8. The minimum Gasteiger partial charge on any atom is -0.348 e. The average Bonchev–Trinajstić information content (AvgIpc) is 2.49. The molecule has 1 nitrogen and oxygen atoms in total. The van der Waals surface area contributed by atoms with Crippen molar-refractivity contribution in [2.75, 3.05) is 0 Å². The molecule has 0 saturated carbocycles. The maximum atomic E-state index is 2.61. The predicted molar refractivity (Wildman–Crippen MR) is 65.6 cm³/mol. The Bertz CT molecular complexity index is 358. The highest BCUT2D eigenvalue weighted by Gasteiger charge is 2.22.